The van der Waals surface area contributed by atoms with Crippen molar-refractivity contribution < 1.29 is 4.52 Å². The molecule has 0 saturated carbocycles. The lowest BCUT2D eigenvalue weighted by Gasteiger charge is -2.03. The average molecular weight is 318 g/mol. The Morgan fingerprint density at radius 2 is 2.10 bits per heavy atom. The van der Waals surface area contributed by atoms with Crippen LogP contribution in [0.3, 0.4) is 0 Å². The van der Waals surface area contributed by atoms with Gasteiger partial charge in [0, 0.05) is 11.3 Å². The molecule has 3 aromatic rings. The molecule has 0 bridgehead atoms. The van der Waals surface area contributed by atoms with Crippen molar-refractivity contribution in [1.29, 1.82) is 0 Å². The van der Waals surface area contributed by atoms with Crippen molar-refractivity contribution in [2.75, 3.05) is 11.5 Å². The summed E-state index contributed by atoms with van der Waals surface area (Å²) in [5.41, 5.74) is 1.81. The third kappa shape index (κ3) is 3.14. The highest BCUT2D eigenvalue weighted by molar-refractivity contribution is 7.99. The van der Waals surface area contributed by atoms with Crippen LogP contribution in [-0.4, -0.2) is 31.4 Å². The molecule has 2 aromatic heterocycles. The van der Waals surface area contributed by atoms with Crippen LogP contribution in [-0.2, 0) is 0 Å². The second-order valence-electron chi connectivity index (χ2n) is 4.30. The molecule has 0 fully saturated rings. The molecular weight excluding hydrogens is 304 g/mol. The molecule has 3 rings (SSSR count). The van der Waals surface area contributed by atoms with Crippen molar-refractivity contribution in [2.45, 2.75) is 11.4 Å². The number of hydrogen-bond acceptors (Lipinski definition) is 6. The molecule has 108 valence electrons. The Balaban J connectivity index is 2.01. The van der Waals surface area contributed by atoms with Gasteiger partial charge >= 0.3 is 0 Å². The van der Waals surface area contributed by atoms with Gasteiger partial charge in [-0.2, -0.15) is 17.7 Å². The van der Waals surface area contributed by atoms with Crippen LogP contribution in [0, 0.1) is 0 Å². The van der Waals surface area contributed by atoms with Gasteiger partial charge in [0.25, 0.3) is 0 Å². The predicted molar refractivity (Wildman–Crippen MR) is 86.1 cm³/mol. The molecule has 21 heavy (non-hydrogen) atoms. The highest BCUT2D eigenvalue weighted by atomic mass is 32.2. The van der Waals surface area contributed by atoms with E-state index in [0.29, 0.717) is 5.76 Å². The molecule has 0 unspecified atom stereocenters. The van der Waals surface area contributed by atoms with E-state index >= 15 is 0 Å². The first-order valence-electron chi connectivity index (χ1n) is 6.54. The highest BCUT2D eigenvalue weighted by Gasteiger charge is 2.20. The van der Waals surface area contributed by atoms with Crippen LogP contribution < -0.4 is 0 Å². The average Bonchev–Trinajstić information content (AvgIpc) is 3.17. The largest absolute Gasteiger partial charge is 0.353 e. The molecule has 5 nitrogen and oxygen atoms in total. The first-order valence-corrected chi connectivity index (χ1v) is 8.15. The molecule has 0 radical (unpaired) electrons. The van der Waals surface area contributed by atoms with E-state index in [1.54, 1.807) is 22.8 Å². The van der Waals surface area contributed by atoms with Crippen LogP contribution in [0.4, 0.5) is 0 Å². The lowest BCUT2D eigenvalue weighted by atomic mass is 10.1. The number of thiol groups is 1. The number of aromatic nitrogens is 4. The zero-order valence-electron chi connectivity index (χ0n) is 11.2. The Morgan fingerprint density at radius 1 is 1.24 bits per heavy atom. The third-order valence-electron chi connectivity index (χ3n) is 2.86. The van der Waals surface area contributed by atoms with E-state index in [2.05, 4.69) is 27.9 Å². The van der Waals surface area contributed by atoms with Gasteiger partial charge < -0.3 is 4.52 Å². The Kier molecular flexibility index (Phi) is 4.62. The Bertz CT molecular complexity index is 682. The van der Waals surface area contributed by atoms with Crippen molar-refractivity contribution in [1.82, 2.24) is 19.9 Å². The SMILES string of the molecule is SCCCSc1noc(-c2ccccc2)c1-n1cncn1. The fourth-order valence-corrected chi connectivity index (χ4v) is 3.17. The van der Waals surface area contributed by atoms with E-state index in [-0.39, 0.29) is 0 Å². The summed E-state index contributed by atoms with van der Waals surface area (Å²) in [5.74, 6) is 2.50. The van der Waals surface area contributed by atoms with Gasteiger partial charge in [-0.1, -0.05) is 35.5 Å². The molecule has 0 aliphatic rings. The van der Waals surface area contributed by atoms with Crippen LogP contribution >= 0.6 is 24.4 Å². The number of hydrogen-bond donors (Lipinski definition) is 1. The van der Waals surface area contributed by atoms with E-state index in [9.17, 15) is 0 Å². The Labute approximate surface area is 132 Å². The lowest BCUT2D eigenvalue weighted by Crippen LogP contribution is -1.97. The molecule has 2 heterocycles. The van der Waals surface area contributed by atoms with Crippen LogP contribution in [0.2, 0.25) is 0 Å². The summed E-state index contributed by atoms with van der Waals surface area (Å²) in [6.45, 7) is 0. The van der Waals surface area contributed by atoms with Crippen LogP contribution in [0.15, 0.2) is 52.5 Å². The van der Waals surface area contributed by atoms with E-state index in [1.165, 1.54) is 6.33 Å². The van der Waals surface area contributed by atoms with Crippen molar-refractivity contribution in [3.05, 3.63) is 43.0 Å². The van der Waals surface area contributed by atoms with Crippen molar-refractivity contribution in [3.63, 3.8) is 0 Å². The monoisotopic (exact) mass is 318 g/mol. The summed E-state index contributed by atoms with van der Waals surface area (Å²) in [4.78, 5) is 4.01. The second-order valence-corrected chi connectivity index (χ2v) is 5.83. The van der Waals surface area contributed by atoms with Crippen LogP contribution in [0.1, 0.15) is 6.42 Å². The highest BCUT2D eigenvalue weighted by Crippen LogP contribution is 2.34. The van der Waals surface area contributed by atoms with E-state index in [1.807, 2.05) is 30.3 Å². The minimum atomic E-state index is 0.703. The molecule has 0 amide bonds. The Hall–Kier alpha value is -1.73. The van der Waals surface area contributed by atoms with Gasteiger partial charge in [-0.25, -0.2) is 9.67 Å². The Morgan fingerprint density at radius 3 is 2.81 bits per heavy atom. The maximum atomic E-state index is 5.56. The molecule has 0 atom stereocenters. The normalized spacial score (nSPS) is 10.9. The van der Waals surface area contributed by atoms with Crippen LogP contribution in [0.5, 0.6) is 0 Å². The molecule has 0 aliphatic heterocycles. The van der Waals surface area contributed by atoms with E-state index < -0.39 is 0 Å². The van der Waals surface area contributed by atoms with E-state index in [0.717, 1.165) is 34.2 Å². The number of thioether (sulfide) groups is 1. The fourth-order valence-electron chi connectivity index (χ4n) is 1.90. The number of nitrogens with zero attached hydrogens (tertiary/aromatic N) is 4. The quantitative estimate of drug-likeness (QED) is 0.429. The van der Waals surface area contributed by atoms with Gasteiger partial charge in [-0.3, -0.25) is 0 Å². The lowest BCUT2D eigenvalue weighted by molar-refractivity contribution is 0.415. The minimum absolute atomic E-state index is 0.703. The maximum Gasteiger partial charge on any atom is 0.193 e. The van der Waals surface area contributed by atoms with Gasteiger partial charge in [0.2, 0.25) is 0 Å². The van der Waals surface area contributed by atoms with Gasteiger partial charge in [-0.05, 0) is 12.2 Å². The molecule has 1 aromatic carbocycles. The third-order valence-corrected chi connectivity index (χ3v) is 4.21. The molecule has 0 aliphatic carbocycles. The summed E-state index contributed by atoms with van der Waals surface area (Å²) in [6, 6.07) is 9.89. The molecule has 7 heteroatoms. The molecule has 0 N–H and O–H groups in total. The summed E-state index contributed by atoms with van der Waals surface area (Å²) < 4.78 is 7.25. The fraction of sp³-hybridized carbons (Fsp3) is 0.214. The van der Waals surface area contributed by atoms with Crippen molar-refractivity contribution in [3.8, 4) is 17.0 Å². The van der Waals surface area contributed by atoms with Crippen molar-refractivity contribution >= 4 is 24.4 Å². The first kappa shape index (κ1) is 14.2. The summed E-state index contributed by atoms with van der Waals surface area (Å²) in [5, 5.41) is 9.23. The van der Waals surface area contributed by atoms with Gasteiger partial charge in [-0.15, -0.1) is 11.8 Å². The standard InChI is InChI=1S/C14H14N4OS2/c20-7-4-8-21-14-12(18-10-15-9-16-18)13(19-17-14)11-5-2-1-3-6-11/h1-3,5-6,9-10,20H,4,7-8H2. The second kappa shape index (κ2) is 6.82. The topological polar surface area (TPSA) is 56.7 Å². The first-order chi connectivity index (χ1) is 10.4. The summed E-state index contributed by atoms with van der Waals surface area (Å²) in [6.07, 6.45) is 4.17. The van der Waals surface area contributed by atoms with Gasteiger partial charge in [0.1, 0.15) is 18.3 Å². The zero-order valence-corrected chi connectivity index (χ0v) is 12.9. The molecule has 0 spiro atoms. The van der Waals surface area contributed by atoms with E-state index in [4.69, 9.17) is 4.52 Å². The van der Waals surface area contributed by atoms with Crippen LogP contribution in [0.25, 0.3) is 17.0 Å². The van der Waals surface area contributed by atoms with Crippen molar-refractivity contribution in [2.24, 2.45) is 0 Å². The summed E-state index contributed by atoms with van der Waals surface area (Å²) in [7, 11) is 0. The molecular formula is C14H14N4OS2. The number of benzene rings is 1. The smallest absolute Gasteiger partial charge is 0.193 e. The van der Waals surface area contributed by atoms with Gasteiger partial charge in [0.05, 0.1) is 0 Å². The zero-order chi connectivity index (χ0) is 14.5. The van der Waals surface area contributed by atoms with Gasteiger partial charge in [0.15, 0.2) is 10.8 Å². The summed E-state index contributed by atoms with van der Waals surface area (Å²) >= 11 is 5.87. The molecule has 0 saturated heterocycles. The minimum Gasteiger partial charge on any atom is -0.353 e. The number of rotatable bonds is 6. The predicted octanol–water partition coefficient (Wildman–Crippen LogP) is 3.33. The maximum absolute atomic E-state index is 5.56.